The highest BCUT2D eigenvalue weighted by Crippen LogP contribution is 2.37. The zero-order valence-corrected chi connectivity index (χ0v) is 19.6. The second-order valence-corrected chi connectivity index (χ2v) is 7.89. The Morgan fingerprint density at radius 2 is 1.78 bits per heavy atom. The lowest BCUT2D eigenvalue weighted by atomic mass is 10.0. The van der Waals surface area contributed by atoms with Crippen molar-refractivity contribution in [2.24, 2.45) is 0 Å². The number of halogens is 1. The van der Waals surface area contributed by atoms with Gasteiger partial charge < -0.3 is 9.47 Å². The predicted molar refractivity (Wildman–Crippen MR) is 133 cm³/mol. The monoisotopic (exact) mass is 507 g/mol. The number of anilines is 1. The number of para-hydroxylation sites is 1. The Bertz CT molecular complexity index is 1410. The minimum absolute atomic E-state index is 0.0938. The molecule has 0 unspecified atom stereocenters. The van der Waals surface area contributed by atoms with Crippen molar-refractivity contribution in [1.82, 2.24) is 5.32 Å². The highest BCUT2D eigenvalue weighted by Gasteiger charge is 2.36. The fraction of sp³-hybridized carbons (Fsp3) is 0.0800. The number of ether oxygens (including phenoxy) is 2. The number of thiocarbonyl (C=S) groups is 1. The normalized spacial score (nSPS) is 14.6. The van der Waals surface area contributed by atoms with Crippen LogP contribution < -0.4 is 19.7 Å². The molecule has 0 atom stereocenters. The average Bonchev–Trinajstić information content (AvgIpc) is 2.86. The standard InChI is InChI=1S/C25H18FN3O6S/c1-34-21-12-16(20(29(32)33)13-22(21)35-14-15-7-3-2-4-8-15)11-17-23(30)27-25(36)28(24(17)31)19-10-6-5-9-18(19)26/h2-13H,14H2,1H3,(H,27,30,36)/b17-11+. The Hall–Kier alpha value is -4.64. The molecule has 3 aromatic carbocycles. The van der Waals surface area contributed by atoms with Gasteiger partial charge in [0.05, 0.1) is 29.4 Å². The number of amides is 2. The minimum atomic E-state index is -0.938. The predicted octanol–water partition coefficient (Wildman–Crippen LogP) is 4.15. The van der Waals surface area contributed by atoms with Crippen molar-refractivity contribution in [2.45, 2.75) is 6.61 Å². The van der Waals surface area contributed by atoms with E-state index < -0.39 is 33.8 Å². The van der Waals surface area contributed by atoms with Crippen LogP contribution in [-0.4, -0.2) is 29.0 Å². The largest absolute Gasteiger partial charge is 0.493 e. The van der Waals surface area contributed by atoms with Crippen LogP contribution in [0.4, 0.5) is 15.8 Å². The van der Waals surface area contributed by atoms with E-state index in [1.54, 1.807) is 0 Å². The first-order valence-electron chi connectivity index (χ1n) is 10.5. The van der Waals surface area contributed by atoms with Crippen LogP contribution in [0.15, 0.2) is 72.3 Å². The van der Waals surface area contributed by atoms with E-state index in [1.807, 2.05) is 30.3 Å². The van der Waals surface area contributed by atoms with Crippen LogP contribution in [-0.2, 0) is 16.2 Å². The summed E-state index contributed by atoms with van der Waals surface area (Å²) in [6, 6.07) is 17.0. The van der Waals surface area contributed by atoms with Gasteiger partial charge in [0.25, 0.3) is 17.5 Å². The number of benzene rings is 3. The van der Waals surface area contributed by atoms with Crippen molar-refractivity contribution in [2.75, 3.05) is 12.0 Å². The molecule has 1 aliphatic rings. The quantitative estimate of drug-likeness (QED) is 0.168. The Morgan fingerprint density at radius 3 is 2.44 bits per heavy atom. The van der Waals surface area contributed by atoms with E-state index in [4.69, 9.17) is 21.7 Å². The number of methoxy groups -OCH3 is 1. The van der Waals surface area contributed by atoms with E-state index >= 15 is 0 Å². The molecule has 1 aliphatic heterocycles. The Balaban J connectivity index is 1.74. The molecule has 0 aliphatic carbocycles. The molecule has 0 spiro atoms. The molecule has 0 radical (unpaired) electrons. The molecule has 0 bridgehead atoms. The van der Waals surface area contributed by atoms with E-state index in [0.717, 1.165) is 28.7 Å². The van der Waals surface area contributed by atoms with E-state index in [9.17, 15) is 24.1 Å². The summed E-state index contributed by atoms with van der Waals surface area (Å²) in [6.07, 6.45) is 1.04. The van der Waals surface area contributed by atoms with Gasteiger partial charge in [0.2, 0.25) is 0 Å². The summed E-state index contributed by atoms with van der Waals surface area (Å²) in [7, 11) is 1.35. The summed E-state index contributed by atoms with van der Waals surface area (Å²) >= 11 is 5.07. The number of carbonyl (C=O) groups is 2. The topological polar surface area (TPSA) is 111 Å². The van der Waals surface area contributed by atoms with E-state index in [0.29, 0.717) is 0 Å². The second kappa shape index (κ2) is 10.3. The summed E-state index contributed by atoms with van der Waals surface area (Å²) in [5.74, 6) is -2.31. The molecule has 0 aromatic heterocycles. The average molecular weight is 507 g/mol. The molecule has 1 heterocycles. The maximum Gasteiger partial charge on any atom is 0.280 e. The summed E-state index contributed by atoms with van der Waals surface area (Å²) in [4.78, 5) is 37.8. The Morgan fingerprint density at radius 1 is 1.08 bits per heavy atom. The van der Waals surface area contributed by atoms with Crippen LogP contribution in [0.5, 0.6) is 11.5 Å². The van der Waals surface area contributed by atoms with Gasteiger partial charge in [-0.3, -0.25) is 25.0 Å². The van der Waals surface area contributed by atoms with Crippen LogP contribution in [0.1, 0.15) is 11.1 Å². The van der Waals surface area contributed by atoms with Crippen molar-refractivity contribution in [3.05, 3.63) is 99.4 Å². The summed E-state index contributed by atoms with van der Waals surface area (Å²) in [6.45, 7) is 0.130. The molecule has 0 saturated carbocycles. The SMILES string of the molecule is COc1cc(/C=C2\C(=O)NC(=S)N(c3ccccc3F)C2=O)c([N+](=O)[O-])cc1OCc1ccccc1. The smallest absolute Gasteiger partial charge is 0.280 e. The molecule has 11 heteroatoms. The van der Waals surface area contributed by atoms with Gasteiger partial charge in [-0.15, -0.1) is 0 Å². The van der Waals surface area contributed by atoms with Crippen LogP contribution in [0.2, 0.25) is 0 Å². The van der Waals surface area contributed by atoms with Crippen molar-refractivity contribution in [3.63, 3.8) is 0 Å². The first kappa shape index (κ1) is 24.5. The number of hydrogen-bond acceptors (Lipinski definition) is 7. The zero-order chi connectivity index (χ0) is 25.8. The number of carbonyl (C=O) groups excluding carboxylic acids is 2. The van der Waals surface area contributed by atoms with E-state index in [2.05, 4.69) is 5.32 Å². The van der Waals surface area contributed by atoms with Gasteiger partial charge in [0.1, 0.15) is 18.0 Å². The lowest BCUT2D eigenvalue weighted by Gasteiger charge is -2.29. The molecule has 1 saturated heterocycles. The minimum Gasteiger partial charge on any atom is -0.493 e. The third kappa shape index (κ3) is 4.91. The number of nitro benzene ring substituents is 1. The van der Waals surface area contributed by atoms with Gasteiger partial charge in [0.15, 0.2) is 16.6 Å². The van der Waals surface area contributed by atoms with Gasteiger partial charge in [0, 0.05) is 0 Å². The summed E-state index contributed by atoms with van der Waals surface area (Å²) in [5.41, 5.74) is -0.339. The molecule has 2 amide bonds. The summed E-state index contributed by atoms with van der Waals surface area (Å²) < 4.78 is 25.4. The molecule has 3 aromatic rings. The lowest BCUT2D eigenvalue weighted by Crippen LogP contribution is -2.54. The first-order valence-corrected chi connectivity index (χ1v) is 10.9. The van der Waals surface area contributed by atoms with Crippen molar-refractivity contribution in [3.8, 4) is 11.5 Å². The maximum absolute atomic E-state index is 14.4. The fourth-order valence-electron chi connectivity index (χ4n) is 3.51. The number of hydrogen-bond donors (Lipinski definition) is 1. The number of nitrogens with one attached hydrogen (secondary N) is 1. The van der Waals surface area contributed by atoms with Gasteiger partial charge in [-0.2, -0.15) is 0 Å². The molecular weight excluding hydrogens is 489 g/mol. The van der Waals surface area contributed by atoms with Gasteiger partial charge in [-0.1, -0.05) is 42.5 Å². The van der Waals surface area contributed by atoms with Crippen LogP contribution in [0.25, 0.3) is 6.08 Å². The van der Waals surface area contributed by atoms with E-state index in [-0.39, 0.29) is 34.5 Å². The molecule has 1 N–H and O–H groups in total. The van der Waals surface area contributed by atoms with Crippen LogP contribution >= 0.6 is 12.2 Å². The molecule has 1 fully saturated rings. The van der Waals surface area contributed by atoms with E-state index in [1.165, 1.54) is 31.4 Å². The Kier molecular flexibility index (Phi) is 7.02. The molecular formula is C25H18FN3O6S. The molecule has 9 nitrogen and oxygen atoms in total. The van der Waals surface area contributed by atoms with Crippen LogP contribution in [0.3, 0.4) is 0 Å². The van der Waals surface area contributed by atoms with Crippen molar-refractivity contribution in [1.29, 1.82) is 0 Å². The zero-order valence-electron chi connectivity index (χ0n) is 18.8. The van der Waals surface area contributed by atoms with Gasteiger partial charge in [-0.25, -0.2) is 9.29 Å². The highest BCUT2D eigenvalue weighted by atomic mass is 32.1. The summed E-state index contributed by atoms with van der Waals surface area (Å²) in [5, 5.41) is 13.9. The van der Waals surface area contributed by atoms with Crippen molar-refractivity contribution < 1.29 is 28.4 Å². The maximum atomic E-state index is 14.4. The lowest BCUT2D eigenvalue weighted by molar-refractivity contribution is -0.385. The molecule has 4 rings (SSSR count). The Labute approximate surface area is 209 Å². The van der Waals surface area contributed by atoms with Gasteiger partial charge >= 0.3 is 0 Å². The molecule has 36 heavy (non-hydrogen) atoms. The third-order valence-electron chi connectivity index (χ3n) is 5.24. The highest BCUT2D eigenvalue weighted by molar-refractivity contribution is 7.80. The van der Waals surface area contributed by atoms with Crippen LogP contribution in [0, 0.1) is 15.9 Å². The van der Waals surface area contributed by atoms with Gasteiger partial charge in [-0.05, 0) is 42.1 Å². The second-order valence-electron chi connectivity index (χ2n) is 7.50. The number of rotatable bonds is 7. The third-order valence-corrected chi connectivity index (χ3v) is 5.53. The fourth-order valence-corrected chi connectivity index (χ4v) is 3.79. The molecule has 182 valence electrons. The first-order chi connectivity index (χ1) is 17.3. The number of nitro groups is 1. The number of nitrogens with zero attached hydrogens (tertiary/aromatic N) is 2. The van der Waals surface area contributed by atoms with Crippen molar-refractivity contribution >= 4 is 46.6 Å².